The van der Waals surface area contributed by atoms with Crippen molar-refractivity contribution in [3.63, 3.8) is 0 Å². The number of ether oxygens (including phenoxy) is 1. The van der Waals surface area contributed by atoms with E-state index in [9.17, 15) is 4.79 Å². The number of fused-ring (bicyclic) bond motifs is 3. The molecule has 0 N–H and O–H groups in total. The van der Waals surface area contributed by atoms with Gasteiger partial charge >= 0.3 is 5.97 Å². The molecule has 144 valence electrons. The first kappa shape index (κ1) is 19.2. The largest absolute Gasteiger partial charge is 0.459 e. The van der Waals surface area contributed by atoms with Crippen molar-refractivity contribution in [3.8, 4) is 0 Å². The lowest BCUT2D eigenvalue weighted by Crippen LogP contribution is -2.51. The summed E-state index contributed by atoms with van der Waals surface area (Å²) in [5, 5.41) is 0. The Bertz CT molecular complexity index is 409. The number of hydrogen-bond acceptors (Lipinski definition) is 2. The summed E-state index contributed by atoms with van der Waals surface area (Å²) >= 11 is 0. The fraction of sp³-hybridized carbons (Fsp3) is 0.957. The van der Waals surface area contributed by atoms with Crippen LogP contribution in [0.25, 0.3) is 0 Å². The molecule has 0 radical (unpaired) electrons. The molecule has 2 bridgehead atoms. The highest BCUT2D eigenvalue weighted by molar-refractivity contribution is 5.69. The molecule has 0 aromatic heterocycles. The molecule has 0 saturated heterocycles. The van der Waals surface area contributed by atoms with Crippen LogP contribution in [0.1, 0.15) is 117 Å². The summed E-state index contributed by atoms with van der Waals surface area (Å²) in [6.07, 6.45) is 20.5. The van der Waals surface area contributed by atoms with Gasteiger partial charge in [-0.05, 0) is 75.0 Å². The van der Waals surface area contributed by atoms with E-state index in [1.54, 1.807) is 0 Å². The van der Waals surface area contributed by atoms with E-state index in [4.69, 9.17) is 4.74 Å². The molecule has 4 saturated carbocycles. The predicted molar refractivity (Wildman–Crippen MR) is 103 cm³/mol. The predicted octanol–water partition coefficient (Wildman–Crippen LogP) is 6.81. The van der Waals surface area contributed by atoms with Crippen LogP contribution in [0.3, 0.4) is 0 Å². The van der Waals surface area contributed by atoms with Gasteiger partial charge in [0.1, 0.15) is 5.60 Å². The maximum Gasteiger partial charge on any atom is 0.306 e. The van der Waals surface area contributed by atoms with Gasteiger partial charge in [0, 0.05) is 6.42 Å². The summed E-state index contributed by atoms with van der Waals surface area (Å²) < 4.78 is 5.97. The summed E-state index contributed by atoms with van der Waals surface area (Å²) in [7, 11) is 0. The molecule has 4 aliphatic carbocycles. The third-order valence-electron chi connectivity index (χ3n) is 7.95. The molecule has 0 unspecified atom stereocenters. The second-order valence-corrected chi connectivity index (χ2v) is 9.48. The summed E-state index contributed by atoms with van der Waals surface area (Å²) in [5.74, 6) is 2.02. The molecule has 0 amide bonds. The zero-order valence-corrected chi connectivity index (χ0v) is 16.8. The van der Waals surface area contributed by atoms with Gasteiger partial charge in [-0.2, -0.15) is 0 Å². The van der Waals surface area contributed by atoms with Crippen LogP contribution in [-0.4, -0.2) is 11.6 Å². The van der Waals surface area contributed by atoms with Gasteiger partial charge < -0.3 is 4.74 Å². The molecule has 4 fully saturated rings. The monoisotopic (exact) mass is 348 g/mol. The zero-order chi connectivity index (χ0) is 17.8. The molecule has 0 atom stereocenters. The minimum absolute atomic E-state index is 0.0458. The topological polar surface area (TPSA) is 26.3 Å². The maximum absolute atomic E-state index is 12.0. The Labute approximate surface area is 155 Å². The Morgan fingerprint density at radius 1 is 0.880 bits per heavy atom. The van der Waals surface area contributed by atoms with Crippen LogP contribution in [0.15, 0.2) is 0 Å². The van der Waals surface area contributed by atoms with Crippen molar-refractivity contribution in [2.24, 2.45) is 17.3 Å². The van der Waals surface area contributed by atoms with Crippen LogP contribution < -0.4 is 0 Å². The van der Waals surface area contributed by atoms with Crippen LogP contribution in [0, 0.1) is 17.3 Å². The van der Waals surface area contributed by atoms with Crippen molar-refractivity contribution < 1.29 is 9.53 Å². The average molecular weight is 349 g/mol. The maximum atomic E-state index is 12.0. The lowest BCUT2D eigenvalue weighted by atomic mass is 9.51. The lowest BCUT2D eigenvalue weighted by molar-refractivity contribution is -0.182. The van der Waals surface area contributed by atoms with Gasteiger partial charge in [0.2, 0.25) is 0 Å². The van der Waals surface area contributed by atoms with Gasteiger partial charge in [-0.15, -0.1) is 0 Å². The van der Waals surface area contributed by atoms with Crippen LogP contribution in [0.4, 0.5) is 0 Å². The molecular weight excluding hydrogens is 308 g/mol. The van der Waals surface area contributed by atoms with Crippen LogP contribution in [-0.2, 0) is 9.53 Å². The van der Waals surface area contributed by atoms with Crippen molar-refractivity contribution in [3.05, 3.63) is 0 Å². The van der Waals surface area contributed by atoms with Gasteiger partial charge in [0.05, 0.1) is 0 Å². The normalized spacial score (nSPS) is 37.8. The summed E-state index contributed by atoms with van der Waals surface area (Å²) in [4.78, 5) is 12.0. The lowest BCUT2D eigenvalue weighted by Gasteiger charge is -2.56. The second kappa shape index (κ2) is 8.44. The number of carbonyl (C=O) groups excluding carboxylic acids is 1. The number of esters is 1. The first-order valence-electron chi connectivity index (χ1n) is 11.3. The Morgan fingerprint density at radius 2 is 1.52 bits per heavy atom. The van der Waals surface area contributed by atoms with E-state index in [0.29, 0.717) is 11.8 Å². The van der Waals surface area contributed by atoms with Gasteiger partial charge in [-0.3, -0.25) is 4.79 Å². The van der Waals surface area contributed by atoms with Gasteiger partial charge in [-0.25, -0.2) is 0 Å². The van der Waals surface area contributed by atoms with Crippen molar-refractivity contribution in [1.29, 1.82) is 0 Å². The number of rotatable bonds is 8. The highest BCUT2D eigenvalue weighted by Crippen LogP contribution is 2.60. The fourth-order valence-electron chi connectivity index (χ4n) is 6.19. The van der Waals surface area contributed by atoms with Crippen molar-refractivity contribution in [2.45, 2.75) is 122 Å². The number of unbranched alkanes of at least 4 members (excludes halogenated alkanes) is 2. The molecule has 0 aromatic carbocycles. The Hall–Kier alpha value is -0.530. The molecule has 4 aliphatic rings. The Balaban J connectivity index is 1.47. The first-order valence-corrected chi connectivity index (χ1v) is 11.3. The van der Waals surface area contributed by atoms with E-state index in [2.05, 4.69) is 13.8 Å². The van der Waals surface area contributed by atoms with Crippen molar-refractivity contribution >= 4 is 5.97 Å². The van der Waals surface area contributed by atoms with Crippen LogP contribution in [0.5, 0.6) is 0 Å². The summed E-state index contributed by atoms with van der Waals surface area (Å²) in [5.41, 5.74) is 0.526. The molecule has 0 spiro atoms. The Kier molecular flexibility index (Phi) is 6.49. The highest BCUT2D eigenvalue weighted by atomic mass is 16.6. The van der Waals surface area contributed by atoms with Crippen LogP contribution >= 0.6 is 0 Å². The molecule has 2 nitrogen and oxygen atoms in total. The molecular formula is C23H40O2. The first-order chi connectivity index (χ1) is 12.1. The highest BCUT2D eigenvalue weighted by Gasteiger charge is 2.53. The van der Waals surface area contributed by atoms with E-state index in [0.717, 1.165) is 37.5 Å². The number of carbonyl (C=O) groups is 1. The zero-order valence-electron chi connectivity index (χ0n) is 16.8. The molecule has 0 heterocycles. The summed E-state index contributed by atoms with van der Waals surface area (Å²) in [6, 6.07) is 0. The van der Waals surface area contributed by atoms with Gasteiger partial charge in [0.25, 0.3) is 0 Å². The summed E-state index contributed by atoms with van der Waals surface area (Å²) in [6.45, 7) is 4.37. The van der Waals surface area contributed by atoms with E-state index < -0.39 is 0 Å². The number of hydrogen-bond donors (Lipinski definition) is 0. The minimum atomic E-state index is -0.0780. The third-order valence-corrected chi connectivity index (χ3v) is 7.95. The molecule has 2 heteroatoms. The van der Waals surface area contributed by atoms with E-state index in [-0.39, 0.29) is 11.6 Å². The minimum Gasteiger partial charge on any atom is -0.459 e. The van der Waals surface area contributed by atoms with Gasteiger partial charge in [0.15, 0.2) is 0 Å². The molecule has 0 aromatic rings. The molecule has 25 heavy (non-hydrogen) atoms. The average Bonchev–Trinajstić information content (AvgIpc) is 2.64. The van der Waals surface area contributed by atoms with E-state index in [1.807, 2.05) is 0 Å². The quantitative estimate of drug-likeness (QED) is 0.356. The fourth-order valence-corrected chi connectivity index (χ4v) is 6.19. The van der Waals surface area contributed by atoms with E-state index >= 15 is 0 Å². The van der Waals surface area contributed by atoms with E-state index in [1.165, 1.54) is 70.6 Å². The Morgan fingerprint density at radius 3 is 2.08 bits per heavy atom. The van der Waals surface area contributed by atoms with Crippen molar-refractivity contribution in [1.82, 2.24) is 0 Å². The molecule has 4 rings (SSSR count). The third kappa shape index (κ3) is 4.42. The smallest absolute Gasteiger partial charge is 0.306 e. The van der Waals surface area contributed by atoms with Crippen LogP contribution in [0.2, 0.25) is 0 Å². The van der Waals surface area contributed by atoms with Crippen molar-refractivity contribution in [2.75, 3.05) is 0 Å². The SMILES string of the molecule is CCCCC[C@H]1CC[C@H](C23CCC(OC(=O)CCC)(CC2)CC3)CC1. The molecule has 0 aliphatic heterocycles. The van der Waals surface area contributed by atoms with Gasteiger partial charge in [-0.1, -0.05) is 52.4 Å². The second-order valence-electron chi connectivity index (χ2n) is 9.48. The standard InChI is InChI=1S/C23H40O2/c1-3-5-6-8-19-9-11-20(12-10-19)22-13-16-23(17-14-22,18-15-22)25-21(24)7-4-2/h19-20H,3-18H2,1-2H3/t19-,20-,22?,23?.